The van der Waals surface area contributed by atoms with Gasteiger partial charge in [0, 0.05) is 9.78 Å². The van der Waals surface area contributed by atoms with Crippen LogP contribution in [0, 0.1) is 0 Å². The van der Waals surface area contributed by atoms with E-state index in [9.17, 15) is 0 Å². The van der Waals surface area contributed by atoms with Gasteiger partial charge in [-0.3, -0.25) is 0 Å². The van der Waals surface area contributed by atoms with Gasteiger partial charge < -0.3 is 0 Å². The molecule has 0 fully saturated rings. The fourth-order valence-corrected chi connectivity index (χ4v) is 3.71. The molecule has 86 valence electrons. The van der Waals surface area contributed by atoms with Crippen LogP contribution >= 0.6 is 24.0 Å². The molecule has 0 bridgehead atoms. The Morgan fingerprint density at radius 1 is 1.41 bits per heavy atom. The SMILES string of the molecule is C=C(S)c1cc2c(cc1CC)-c1sccc1C2. The molecule has 1 heterocycles. The molecule has 0 unspecified atom stereocenters. The van der Waals surface area contributed by atoms with Crippen LogP contribution in [0.5, 0.6) is 0 Å². The third kappa shape index (κ3) is 1.67. The van der Waals surface area contributed by atoms with Crippen LogP contribution < -0.4 is 0 Å². The zero-order valence-electron chi connectivity index (χ0n) is 9.79. The van der Waals surface area contributed by atoms with Crippen LogP contribution in [0.1, 0.15) is 29.2 Å². The highest BCUT2D eigenvalue weighted by Crippen LogP contribution is 2.42. The van der Waals surface area contributed by atoms with Crippen LogP contribution in [0.15, 0.2) is 30.2 Å². The molecule has 1 aromatic heterocycles. The molecule has 3 rings (SSSR count). The Hall–Kier alpha value is -0.990. The summed E-state index contributed by atoms with van der Waals surface area (Å²) < 4.78 is 0. The zero-order chi connectivity index (χ0) is 12.0. The average molecular weight is 258 g/mol. The number of rotatable bonds is 2. The first-order valence-electron chi connectivity index (χ1n) is 5.81. The van der Waals surface area contributed by atoms with Gasteiger partial charge in [0.05, 0.1) is 0 Å². The van der Waals surface area contributed by atoms with E-state index in [1.807, 2.05) is 11.3 Å². The predicted octanol–water partition coefficient (Wildman–Crippen LogP) is 4.78. The minimum Gasteiger partial charge on any atom is -0.144 e. The Kier molecular flexibility index (Phi) is 2.64. The second-order valence-corrected chi connectivity index (χ2v) is 5.87. The Balaban J connectivity index is 2.22. The van der Waals surface area contributed by atoms with Gasteiger partial charge in [0.2, 0.25) is 0 Å². The van der Waals surface area contributed by atoms with Gasteiger partial charge in [-0.15, -0.1) is 24.0 Å². The standard InChI is InChI=1S/C15H14S2/c1-3-10-7-14-12(8-13(10)9(2)16)6-11-4-5-17-15(11)14/h4-5,7-8,16H,2-3,6H2,1H3. The summed E-state index contributed by atoms with van der Waals surface area (Å²) in [6.07, 6.45) is 2.09. The highest BCUT2D eigenvalue weighted by atomic mass is 32.1. The lowest BCUT2D eigenvalue weighted by Gasteiger charge is -2.10. The third-order valence-electron chi connectivity index (χ3n) is 3.39. The number of hydrogen-bond donors (Lipinski definition) is 1. The van der Waals surface area contributed by atoms with Gasteiger partial charge in [-0.25, -0.2) is 0 Å². The lowest BCUT2D eigenvalue weighted by Crippen LogP contribution is -1.92. The monoisotopic (exact) mass is 258 g/mol. The van der Waals surface area contributed by atoms with Crippen molar-refractivity contribution < 1.29 is 0 Å². The molecule has 0 atom stereocenters. The lowest BCUT2D eigenvalue weighted by atomic mass is 9.98. The molecule has 1 aliphatic carbocycles. The average Bonchev–Trinajstić information content (AvgIpc) is 2.86. The molecular formula is C15H14S2. The van der Waals surface area contributed by atoms with Gasteiger partial charge >= 0.3 is 0 Å². The van der Waals surface area contributed by atoms with Crippen molar-refractivity contribution in [1.82, 2.24) is 0 Å². The Labute approximate surface area is 111 Å². The predicted molar refractivity (Wildman–Crippen MR) is 80.0 cm³/mol. The summed E-state index contributed by atoms with van der Waals surface area (Å²) in [5.41, 5.74) is 6.88. The molecule has 17 heavy (non-hydrogen) atoms. The molecule has 2 aromatic rings. The van der Waals surface area contributed by atoms with E-state index in [0.717, 1.165) is 17.7 Å². The summed E-state index contributed by atoms with van der Waals surface area (Å²) in [4.78, 5) is 2.32. The number of thiol groups is 1. The summed E-state index contributed by atoms with van der Waals surface area (Å²) in [5.74, 6) is 0. The van der Waals surface area contributed by atoms with Gasteiger partial charge in [0.1, 0.15) is 0 Å². The minimum absolute atomic E-state index is 0.875. The van der Waals surface area contributed by atoms with E-state index in [1.165, 1.54) is 32.7 Å². The highest BCUT2D eigenvalue weighted by molar-refractivity contribution is 7.90. The minimum atomic E-state index is 0.875. The molecular weight excluding hydrogens is 244 g/mol. The second-order valence-electron chi connectivity index (χ2n) is 4.42. The van der Waals surface area contributed by atoms with E-state index in [1.54, 1.807) is 0 Å². The fraction of sp³-hybridized carbons (Fsp3) is 0.200. The van der Waals surface area contributed by atoms with Gasteiger partial charge in [-0.05, 0) is 64.2 Å². The van der Waals surface area contributed by atoms with Crippen molar-refractivity contribution in [2.45, 2.75) is 19.8 Å². The van der Waals surface area contributed by atoms with Crippen LogP contribution in [0.25, 0.3) is 15.3 Å². The summed E-state index contributed by atoms with van der Waals surface area (Å²) in [7, 11) is 0. The molecule has 0 saturated carbocycles. The lowest BCUT2D eigenvalue weighted by molar-refractivity contribution is 1.13. The van der Waals surface area contributed by atoms with Gasteiger partial charge in [0.25, 0.3) is 0 Å². The summed E-state index contributed by atoms with van der Waals surface area (Å²) in [5, 5.41) is 2.19. The fourth-order valence-electron chi connectivity index (χ4n) is 2.52. The van der Waals surface area contributed by atoms with E-state index in [4.69, 9.17) is 0 Å². The van der Waals surface area contributed by atoms with Gasteiger partial charge in [-0.1, -0.05) is 13.5 Å². The molecule has 0 radical (unpaired) electrons. The molecule has 0 N–H and O–H groups in total. The largest absolute Gasteiger partial charge is 0.144 e. The Morgan fingerprint density at radius 2 is 2.24 bits per heavy atom. The molecule has 2 heteroatoms. The normalized spacial score (nSPS) is 12.4. The summed E-state index contributed by atoms with van der Waals surface area (Å²) in [6, 6.07) is 6.84. The maximum absolute atomic E-state index is 4.41. The van der Waals surface area contributed by atoms with E-state index in [-0.39, 0.29) is 0 Å². The number of thiophene rings is 1. The van der Waals surface area contributed by atoms with Crippen LogP contribution in [0.4, 0.5) is 0 Å². The van der Waals surface area contributed by atoms with Crippen molar-refractivity contribution >= 4 is 28.9 Å². The van der Waals surface area contributed by atoms with Crippen molar-refractivity contribution in [2.75, 3.05) is 0 Å². The third-order valence-corrected chi connectivity index (χ3v) is 4.62. The van der Waals surface area contributed by atoms with E-state index in [0.29, 0.717) is 0 Å². The van der Waals surface area contributed by atoms with Crippen molar-refractivity contribution in [1.29, 1.82) is 0 Å². The van der Waals surface area contributed by atoms with Crippen molar-refractivity contribution in [3.05, 3.63) is 52.4 Å². The smallest absolute Gasteiger partial charge is 0.0381 e. The van der Waals surface area contributed by atoms with Gasteiger partial charge in [-0.2, -0.15) is 0 Å². The van der Waals surface area contributed by atoms with Crippen LogP contribution in [0.3, 0.4) is 0 Å². The van der Waals surface area contributed by atoms with Gasteiger partial charge in [0.15, 0.2) is 0 Å². The first-order chi connectivity index (χ1) is 8.20. The van der Waals surface area contributed by atoms with Crippen molar-refractivity contribution in [2.24, 2.45) is 0 Å². The maximum atomic E-state index is 4.41. The van der Waals surface area contributed by atoms with E-state index in [2.05, 4.69) is 49.7 Å². The molecule has 0 aliphatic heterocycles. The molecule has 0 nitrogen and oxygen atoms in total. The first-order valence-corrected chi connectivity index (χ1v) is 7.14. The van der Waals surface area contributed by atoms with Crippen LogP contribution in [-0.4, -0.2) is 0 Å². The first kappa shape index (κ1) is 11.1. The summed E-state index contributed by atoms with van der Waals surface area (Å²) in [6.45, 7) is 6.15. The molecule has 0 saturated heterocycles. The highest BCUT2D eigenvalue weighted by Gasteiger charge is 2.21. The summed E-state index contributed by atoms with van der Waals surface area (Å²) >= 11 is 6.25. The topological polar surface area (TPSA) is 0 Å². The Morgan fingerprint density at radius 3 is 2.94 bits per heavy atom. The molecule has 0 spiro atoms. The quantitative estimate of drug-likeness (QED) is 0.628. The Bertz CT molecular complexity index is 605. The molecule has 0 amide bonds. The van der Waals surface area contributed by atoms with Crippen LogP contribution in [-0.2, 0) is 12.8 Å². The number of benzene rings is 1. The van der Waals surface area contributed by atoms with E-state index < -0.39 is 0 Å². The molecule has 1 aliphatic rings. The van der Waals surface area contributed by atoms with Crippen molar-refractivity contribution in [3.8, 4) is 10.4 Å². The zero-order valence-corrected chi connectivity index (χ0v) is 11.5. The number of hydrogen-bond acceptors (Lipinski definition) is 2. The molecule has 1 aromatic carbocycles. The second kappa shape index (κ2) is 4.04. The number of fused-ring (bicyclic) bond motifs is 3. The van der Waals surface area contributed by atoms with E-state index >= 15 is 0 Å². The maximum Gasteiger partial charge on any atom is 0.0381 e. The van der Waals surface area contributed by atoms with Crippen molar-refractivity contribution in [3.63, 3.8) is 0 Å². The van der Waals surface area contributed by atoms with Crippen LogP contribution in [0.2, 0.25) is 0 Å². The number of aryl methyl sites for hydroxylation is 1.